The van der Waals surface area contributed by atoms with Gasteiger partial charge < -0.3 is 14.6 Å². The van der Waals surface area contributed by atoms with Gasteiger partial charge in [0.15, 0.2) is 11.5 Å². The van der Waals surface area contributed by atoms with Crippen molar-refractivity contribution in [3.63, 3.8) is 0 Å². The molecule has 0 saturated carbocycles. The second-order valence-corrected chi connectivity index (χ2v) is 4.01. The molecule has 0 aliphatic rings. The Labute approximate surface area is 112 Å². The van der Waals surface area contributed by atoms with Crippen LogP contribution in [0.5, 0.6) is 17.2 Å². The van der Waals surface area contributed by atoms with Crippen LogP contribution in [0.3, 0.4) is 0 Å². The Kier molecular flexibility index (Phi) is 4.08. The molecule has 19 heavy (non-hydrogen) atoms. The fraction of sp³-hybridized carbons (Fsp3) is 0.125. The van der Waals surface area contributed by atoms with Crippen molar-refractivity contribution >= 4 is 12.2 Å². The van der Waals surface area contributed by atoms with E-state index >= 15 is 0 Å². The smallest absolute Gasteiger partial charge is 0.168 e. The predicted molar refractivity (Wildman–Crippen MR) is 76.6 cm³/mol. The number of methoxy groups -OCH3 is 2. The minimum atomic E-state index is 0.144. The maximum atomic E-state index is 9.67. The topological polar surface area (TPSA) is 38.7 Å². The van der Waals surface area contributed by atoms with Crippen LogP contribution < -0.4 is 9.47 Å². The summed E-state index contributed by atoms with van der Waals surface area (Å²) in [5.74, 6) is 1.26. The van der Waals surface area contributed by atoms with Crippen molar-refractivity contribution in [2.24, 2.45) is 0 Å². The molecule has 0 spiro atoms. The van der Waals surface area contributed by atoms with E-state index in [9.17, 15) is 5.11 Å². The number of hydrogen-bond acceptors (Lipinski definition) is 3. The van der Waals surface area contributed by atoms with Crippen LogP contribution in [0.15, 0.2) is 42.5 Å². The molecule has 0 radical (unpaired) electrons. The Bertz CT molecular complexity index is 574. The summed E-state index contributed by atoms with van der Waals surface area (Å²) in [5.41, 5.74) is 1.84. The van der Waals surface area contributed by atoms with Crippen LogP contribution in [0.2, 0.25) is 0 Å². The third kappa shape index (κ3) is 3.07. The van der Waals surface area contributed by atoms with Crippen molar-refractivity contribution in [3.05, 3.63) is 53.6 Å². The molecule has 0 aromatic heterocycles. The normalized spacial score (nSPS) is 10.6. The van der Waals surface area contributed by atoms with E-state index in [4.69, 9.17) is 9.47 Å². The van der Waals surface area contributed by atoms with Gasteiger partial charge in [0.1, 0.15) is 5.75 Å². The van der Waals surface area contributed by atoms with E-state index < -0.39 is 0 Å². The fourth-order valence-corrected chi connectivity index (χ4v) is 1.85. The van der Waals surface area contributed by atoms with Crippen molar-refractivity contribution in [2.75, 3.05) is 14.2 Å². The first-order chi connectivity index (χ1) is 9.24. The summed E-state index contributed by atoms with van der Waals surface area (Å²) >= 11 is 0. The van der Waals surface area contributed by atoms with Crippen molar-refractivity contribution in [2.45, 2.75) is 0 Å². The summed E-state index contributed by atoms with van der Waals surface area (Å²) in [6.07, 6.45) is 3.84. The number of aromatic hydroxyl groups is 1. The van der Waals surface area contributed by atoms with Gasteiger partial charge in [-0.3, -0.25) is 0 Å². The minimum Gasteiger partial charge on any atom is -0.508 e. The first kappa shape index (κ1) is 13.0. The lowest BCUT2D eigenvalue weighted by Gasteiger charge is -2.11. The Balaban J connectivity index is 2.39. The van der Waals surface area contributed by atoms with Crippen LogP contribution in [-0.2, 0) is 0 Å². The van der Waals surface area contributed by atoms with Crippen LogP contribution in [-0.4, -0.2) is 19.3 Å². The molecular formula is C16H16O3. The summed E-state index contributed by atoms with van der Waals surface area (Å²) in [6, 6.07) is 13.1. The minimum absolute atomic E-state index is 0.144. The number of ether oxygens (including phenoxy) is 2. The second-order valence-electron chi connectivity index (χ2n) is 4.01. The van der Waals surface area contributed by atoms with Gasteiger partial charge in [-0.2, -0.15) is 0 Å². The Morgan fingerprint density at radius 1 is 0.947 bits per heavy atom. The average Bonchev–Trinajstić information content (AvgIpc) is 2.45. The number of phenolic OH excluding ortho intramolecular Hbond substituents is 1. The van der Waals surface area contributed by atoms with E-state index in [1.165, 1.54) is 6.07 Å². The Morgan fingerprint density at radius 3 is 2.32 bits per heavy atom. The maximum Gasteiger partial charge on any atom is 0.168 e. The predicted octanol–water partition coefficient (Wildman–Crippen LogP) is 3.58. The van der Waals surface area contributed by atoms with E-state index in [0.29, 0.717) is 11.5 Å². The molecular weight excluding hydrogens is 240 g/mol. The third-order valence-corrected chi connectivity index (χ3v) is 2.75. The zero-order valence-corrected chi connectivity index (χ0v) is 11.0. The highest BCUT2D eigenvalue weighted by Crippen LogP contribution is 2.36. The molecule has 0 amide bonds. The summed E-state index contributed by atoms with van der Waals surface area (Å²) in [6.45, 7) is 0. The number of benzene rings is 2. The molecule has 0 saturated heterocycles. The summed E-state index contributed by atoms with van der Waals surface area (Å²) in [5, 5.41) is 9.67. The lowest BCUT2D eigenvalue weighted by atomic mass is 10.1. The van der Waals surface area contributed by atoms with Crippen molar-refractivity contribution in [3.8, 4) is 17.2 Å². The van der Waals surface area contributed by atoms with Crippen LogP contribution in [0.1, 0.15) is 11.1 Å². The van der Waals surface area contributed by atoms with Crippen molar-refractivity contribution < 1.29 is 14.6 Å². The van der Waals surface area contributed by atoms with Gasteiger partial charge in [-0.25, -0.2) is 0 Å². The molecule has 2 aromatic carbocycles. The highest BCUT2D eigenvalue weighted by molar-refractivity contribution is 5.75. The molecule has 0 aliphatic heterocycles. The molecule has 0 unspecified atom stereocenters. The molecule has 0 bridgehead atoms. The molecule has 3 nitrogen and oxygen atoms in total. The van der Waals surface area contributed by atoms with E-state index in [2.05, 4.69) is 0 Å². The molecule has 0 aliphatic carbocycles. The van der Waals surface area contributed by atoms with Gasteiger partial charge in [0.25, 0.3) is 0 Å². The number of rotatable bonds is 4. The van der Waals surface area contributed by atoms with Gasteiger partial charge in [-0.15, -0.1) is 0 Å². The van der Waals surface area contributed by atoms with Gasteiger partial charge in [0.2, 0.25) is 0 Å². The van der Waals surface area contributed by atoms with E-state index in [1.807, 2.05) is 42.5 Å². The third-order valence-electron chi connectivity index (χ3n) is 2.75. The Morgan fingerprint density at radius 2 is 1.68 bits per heavy atom. The monoisotopic (exact) mass is 256 g/mol. The van der Waals surface area contributed by atoms with Gasteiger partial charge in [-0.1, -0.05) is 42.5 Å². The lowest BCUT2D eigenvalue weighted by Crippen LogP contribution is -1.92. The molecule has 2 aromatic rings. The van der Waals surface area contributed by atoms with Gasteiger partial charge in [0, 0.05) is 11.6 Å². The molecule has 3 heteroatoms. The number of hydrogen-bond donors (Lipinski definition) is 1. The van der Waals surface area contributed by atoms with Crippen LogP contribution in [0.25, 0.3) is 12.2 Å². The van der Waals surface area contributed by atoms with Crippen molar-refractivity contribution in [1.82, 2.24) is 0 Å². The standard InChI is InChI=1S/C16H16O3/c1-18-15-11-14(17)10-13(16(15)19-2)9-8-12-6-4-3-5-7-12/h3-11,17H,1-2H3. The summed E-state index contributed by atoms with van der Waals surface area (Å²) in [7, 11) is 3.12. The lowest BCUT2D eigenvalue weighted by molar-refractivity contribution is 0.351. The van der Waals surface area contributed by atoms with Gasteiger partial charge in [-0.05, 0) is 11.6 Å². The van der Waals surface area contributed by atoms with E-state index in [0.717, 1.165) is 11.1 Å². The molecule has 1 N–H and O–H groups in total. The zero-order valence-electron chi connectivity index (χ0n) is 11.0. The largest absolute Gasteiger partial charge is 0.508 e. The van der Waals surface area contributed by atoms with Gasteiger partial charge in [0.05, 0.1) is 14.2 Å². The SMILES string of the molecule is COc1cc(O)cc(C=Cc2ccccc2)c1OC. The molecule has 2 rings (SSSR count). The molecule has 0 atom stereocenters. The fourth-order valence-electron chi connectivity index (χ4n) is 1.85. The highest BCUT2D eigenvalue weighted by Gasteiger charge is 2.09. The van der Waals surface area contributed by atoms with Crippen LogP contribution in [0.4, 0.5) is 0 Å². The average molecular weight is 256 g/mol. The second kappa shape index (κ2) is 5.96. The van der Waals surface area contributed by atoms with E-state index in [1.54, 1.807) is 20.3 Å². The molecule has 0 heterocycles. The first-order valence-corrected chi connectivity index (χ1v) is 5.92. The molecule has 0 fully saturated rings. The number of phenols is 1. The van der Waals surface area contributed by atoms with Crippen molar-refractivity contribution in [1.29, 1.82) is 0 Å². The quantitative estimate of drug-likeness (QED) is 0.850. The molecule has 98 valence electrons. The van der Waals surface area contributed by atoms with Gasteiger partial charge >= 0.3 is 0 Å². The zero-order chi connectivity index (χ0) is 13.7. The highest BCUT2D eigenvalue weighted by atomic mass is 16.5. The first-order valence-electron chi connectivity index (χ1n) is 5.92. The van der Waals surface area contributed by atoms with Crippen LogP contribution in [0, 0.1) is 0 Å². The van der Waals surface area contributed by atoms with E-state index in [-0.39, 0.29) is 5.75 Å². The maximum absolute atomic E-state index is 9.67. The Hall–Kier alpha value is -2.42. The summed E-state index contributed by atoms with van der Waals surface area (Å²) < 4.78 is 10.5. The van der Waals surface area contributed by atoms with Crippen LogP contribution >= 0.6 is 0 Å². The summed E-state index contributed by atoms with van der Waals surface area (Å²) in [4.78, 5) is 0.